The highest BCUT2D eigenvalue weighted by atomic mass is 32.2. The molecule has 5 nitrogen and oxygen atoms in total. The van der Waals surface area contributed by atoms with Crippen molar-refractivity contribution >= 4 is 27.7 Å². The molecule has 0 radical (unpaired) electrons. The highest BCUT2D eigenvalue weighted by molar-refractivity contribution is 7.83. The summed E-state index contributed by atoms with van der Waals surface area (Å²) in [6.07, 6.45) is 5.32. The summed E-state index contributed by atoms with van der Waals surface area (Å²) in [6.45, 7) is 7.88. The lowest BCUT2D eigenvalue weighted by Crippen LogP contribution is -2.25. The summed E-state index contributed by atoms with van der Waals surface area (Å²) in [5.74, 6) is -0.586. The van der Waals surface area contributed by atoms with Crippen LogP contribution in [-0.4, -0.2) is 26.3 Å². The monoisotopic (exact) mass is 474 g/mol. The van der Waals surface area contributed by atoms with Gasteiger partial charge in [-0.3, -0.25) is 0 Å². The molecule has 34 heavy (non-hydrogen) atoms. The predicted octanol–water partition coefficient (Wildman–Crippen LogP) is 6.22. The summed E-state index contributed by atoms with van der Waals surface area (Å²) in [5, 5.41) is 10.1. The Balaban J connectivity index is 2.02. The predicted molar refractivity (Wildman–Crippen MR) is 136 cm³/mol. The second kappa shape index (κ2) is 10.2. The Morgan fingerprint density at radius 3 is 2.41 bits per heavy atom. The molecule has 0 N–H and O–H groups in total. The van der Waals surface area contributed by atoms with Crippen LogP contribution in [0.1, 0.15) is 37.8 Å². The lowest BCUT2D eigenvalue weighted by molar-refractivity contribution is 0.627. The van der Waals surface area contributed by atoms with Crippen molar-refractivity contribution < 1.29 is 8.60 Å². The molecule has 0 saturated heterocycles. The van der Waals surface area contributed by atoms with Gasteiger partial charge in [-0.2, -0.15) is 5.26 Å². The molecule has 4 rings (SSSR count). The zero-order valence-electron chi connectivity index (χ0n) is 19.6. The molecule has 0 spiro atoms. The minimum Gasteiger partial charge on any atom is -0.371 e. The van der Waals surface area contributed by atoms with Crippen molar-refractivity contribution in [1.29, 1.82) is 5.26 Å². The lowest BCUT2D eigenvalue weighted by atomic mass is 10.0. The molecule has 0 aliphatic rings. The Bertz CT molecular complexity index is 1380. The third-order valence-corrected chi connectivity index (χ3v) is 7.08. The number of hydrogen-bond acceptors (Lipinski definition) is 4. The molecule has 0 bridgehead atoms. The average molecular weight is 475 g/mol. The molecule has 0 aliphatic carbocycles. The number of aromatic nitrogens is 2. The van der Waals surface area contributed by atoms with E-state index >= 15 is 4.39 Å². The number of fused-ring (bicyclic) bond motifs is 1. The van der Waals surface area contributed by atoms with Gasteiger partial charge in [-0.1, -0.05) is 43.7 Å². The van der Waals surface area contributed by atoms with Gasteiger partial charge >= 0.3 is 0 Å². The molecule has 4 aromatic rings. The van der Waals surface area contributed by atoms with E-state index in [-0.39, 0.29) is 5.56 Å². The number of benzene rings is 2. The van der Waals surface area contributed by atoms with Crippen molar-refractivity contribution in [1.82, 2.24) is 8.96 Å². The molecule has 1 unspecified atom stereocenters. The first-order valence-corrected chi connectivity index (χ1v) is 12.5. The standard InChI is InChI=1S/C27H27FN4OS/c1-4-15-31(16-5-2)24-13-14-30-27-25(24)23(22-8-6-7-20(17-29)26(22)28)18-32(27)34(33)21-11-9-19(3)10-12-21/h6-14,18H,4-5,15-16H2,1-3H3. The lowest BCUT2D eigenvalue weighted by Gasteiger charge is -2.25. The van der Waals surface area contributed by atoms with Gasteiger partial charge in [-0.25, -0.2) is 17.6 Å². The third-order valence-electron chi connectivity index (χ3n) is 5.77. The van der Waals surface area contributed by atoms with Crippen molar-refractivity contribution in [3.05, 3.63) is 77.9 Å². The first kappa shape index (κ1) is 23.7. The Labute approximate surface area is 202 Å². The Hall–Kier alpha value is -3.50. The smallest absolute Gasteiger partial charge is 0.158 e. The maximum Gasteiger partial charge on any atom is 0.158 e. The van der Waals surface area contributed by atoms with E-state index in [1.165, 1.54) is 6.07 Å². The van der Waals surface area contributed by atoms with E-state index in [2.05, 4.69) is 23.7 Å². The zero-order chi connectivity index (χ0) is 24.2. The largest absolute Gasteiger partial charge is 0.371 e. The van der Waals surface area contributed by atoms with Gasteiger partial charge in [-0.15, -0.1) is 0 Å². The molecule has 2 heterocycles. The average Bonchev–Trinajstić information content (AvgIpc) is 3.24. The van der Waals surface area contributed by atoms with Crippen LogP contribution in [0, 0.1) is 24.1 Å². The number of halogens is 1. The SMILES string of the molecule is CCCN(CCC)c1ccnc2c1c(-c1cccc(C#N)c1F)cn2S(=O)c1ccc(C)cc1. The van der Waals surface area contributed by atoms with Crippen molar-refractivity contribution in [2.75, 3.05) is 18.0 Å². The Kier molecular flexibility index (Phi) is 7.09. The summed E-state index contributed by atoms with van der Waals surface area (Å²) in [7, 11) is -1.58. The van der Waals surface area contributed by atoms with Gasteiger partial charge in [0.15, 0.2) is 16.6 Å². The van der Waals surface area contributed by atoms with E-state index in [4.69, 9.17) is 0 Å². The molecule has 7 heteroatoms. The van der Waals surface area contributed by atoms with E-state index in [0.717, 1.165) is 42.6 Å². The first-order valence-electron chi connectivity index (χ1n) is 11.4. The minimum atomic E-state index is -1.58. The van der Waals surface area contributed by atoms with Gasteiger partial charge in [0.05, 0.1) is 15.8 Å². The topological polar surface area (TPSA) is 61.9 Å². The van der Waals surface area contributed by atoms with Crippen LogP contribution in [0.2, 0.25) is 0 Å². The van der Waals surface area contributed by atoms with Crippen molar-refractivity contribution in [2.45, 2.75) is 38.5 Å². The first-order chi connectivity index (χ1) is 16.5. The van der Waals surface area contributed by atoms with Gasteiger partial charge in [0.1, 0.15) is 11.9 Å². The van der Waals surface area contributed by atoms with Crippen LogP contribution in [0.25, 0.3) is 22.2 Å². The Morgan fingerprint density at radius 1 is 1.06 bits per heavy atom. The maximum absolute atomic E-state index is 15.4. The van der Waals surface area contributed by atoms with Crippen LogP contribution in [0.5, 0.6) is 0 Å². The number of nitrogens with zero attached hydrogens (tertiary/aromatic N) is 4. The number of anilines is 1. The summed E-state index contributed by atoms with van der Waals surface area (Å²) in [5.41, 5.74) is 3.36. The van der Waals surface area contributed by atoms with Crippen molar-refractivity contribution in [3.8, 4) is 17.2 Å². The van der Waals surface area contributed by atoms with E-state index in [1.54, 1.807) is 28.5 Å². The number of rotatable bonds is 8. The van der Waals surface area contributed by atoms with Crippen molar-refractivity contribution in [2.24, 2.45) is 0 Å². The zero-order valence-corrected chi connectivity index (χ0v) is 20.4. The van der Waals surface area contributed by atoms with Crippen LogP contribution in [-0.2, 0) is 11.0 Å². The third kappa shape index (κ3) is 4.34. The number of nitriles is 1. The van der Waals surface area contributed by atoms with Crippen LogP contribution < -0.4 is 4.90 Å². The van der Waals surface area contributed by atoms with Crippen LogP contribution in [0.3, 0.4) is 0 Å². The second-order valence-electron chi connectivity index (χ2n) is 8.23. The fourth-order valence-corrected chi connectivity index (χ4v) is 5.28. The van der Waals surface area contributed by atoms with Crippen LogP contribution in [0.15, 0.2) is 65.8 Å². The van der Waals surface area contributed by atoms with E-state index < -0.39 is 16.8 Å². The van der Waals surface area contributed by atoms with E-state index in [0.29, 0.717) is 21.7 Å². The molecule has 0 amide bonds. The highest BCUT2D eigenvalue weighted by Crippen LogP contribution is 2.39. The fraction of sp³-hybridized carbons (Fsp3) is 0.259. The molecule has 0 saturated carbocycles. The molecular formula is C27H27FN4OS. The summed E-state index contributed by atoms with van der Waals surface area (Å²) >= 11 is 0. The molecule has 2 aromatic heterocycles. The van der Waals surface area contributed by atoms with Crippen LogP contribution in [0.4, 0.5) is 10.1 Å². The molecular weight excluding hydrogens is 447 g/mol. The van der Waals surface area contributed by atoms with Crippen molar-refractivity contribution in [3.63, 3.8) is 0 Å². The molecule has 1 atom stereocenters. The molecule has 2 aromatic carbocycles. The minimum absolute atomic E-state index is 0.0255. The normalized spacial score (nSPS) is 12.0. The van der Waals surface area contributed by atoms with Crippen LogP contribution >= 0.6 is 0 Å². The summed E-state index contributed by atoms with van der Waals surface area (Å²) in [6, 6.07) is 16.1. The Morgan fingerprint density at radius 2 is 1.76 bits per heavy atom. The fourth-order valence-electron chi connectivity index (χ4n) is 4.19. The van der Waals surface area contributed by atoms with Gasteiger partial charge in [-0.05, 0) is 44.0 Å². The molecule has 174 valence electrons. The van der Waals surface area contributed by atoms with Gasteiger partial charge in [0.2, 0.25) is 0 Å². The number of aryl methyl sites for hydroxylation is 1. The van der Waals surface area contributed by atoms with Gasteiger partial charge < -0.3 is 4.90 Å². The van der Waals surface area contributed by atoms with E-state index in [1.807, 2.05) is 43.3 Å². The molecule has 0 fully saturated rings. The second-order valence-corrected chi connectivity index (χ2v) is 9.59. The highest BCUT2D eigenvalue weighted by Gasteiger charge is 2.23. The van der Waals surface area contributed by atoms with E-state index in [9.17, 15) is 9.47 Å². The number of hydrogen-bond donors (Lipinski definition) is 0. The summed E-state index contributed by atoms with van der Waals surface area (Å²) < 4.78 is 30.6. The molecule has 0 aliphatic heterocycles. The number of pyridine rings is 1. The summed E-state index contributed by atoms with van der Waals surface area (Å²) in [4.78, 5) is 7.48. The van der Waals surface area contributed by atoms with Gasteiger partial charge in [0, 0.05) is 42.3 Å². The quantitative estimate of drug-likeness (QED) is 0.304. The van der Waals surface area contributed by atoms with Gasteiger partial charge in [0.25, 0.3) is 0 Å². The maximum atomic E-state index is 15.4.